The van der Waals surface area contributed by atoms with E-state index < -0.39 is 0 Å². The fourth-order valence-electron chi connectivity index (χ4n) is 4.76. The molecule has 7 heteroatoms. The first kappa shape index (κ1) is 21.7. The molecule has 32 heavy (non-hydrogen) atoms. The van der Waals surface area contributed by atoms with Gasteiger partial charge in [-0.05, 0) is 55.0 Å². The first-order valence-corrected chi connectivity index (χ1v) is 11.1. The first-order chi connectivity index (χ1) is 15.6. The lowest BCUT2D eigenvalue weighted by Gasteiger charge is -2.41. The highest BCUT2D eigenvalue weighted by atomic mass is 16.5. The third-order valence-corrected chi connectivity index (χ3v) is 6.61. The molecule has 1 aliphatic heterocycles. The van der Waals surface area contributed by atoms with Gasteiger partial charge in [-0.1, -0.05) is 30.3 Å². The molecule has 2 aromatic rings. The van der Waals surface area contributed by atoms with E-state index in [0.29, 0.717) is 24.7 Å². The third-order valence-electron chi connectivity index (χ3n) is 6.61. The summed E-state index contributed by atoms with van der Waals surface area (Å²) in [7, 11) is 1.75. The minimum absolute atomic E-state index is 0.0473. The molecule has 0 unspecified atom stereocenters. The number of hydrogen-bond acceptors (Lipinski definition) is 4. The quantitative estimate of drug-likeness (QED) is 0.384. The Morgan fingerprint density at radius 2 is 2.00 bits per heavy atom. The van der Waals surface area contributed by atoms with E-state index >= 15 is 0 Å². The highest BCUT2D eigenvalue weighted by molar-refractivity contribution is 5.94. The molecule has 0 bridgehead atoms. The second-order valence-electron chi connectivity index (χ2n) is 8.48. The van der Waals surface area contributed by atoms with Crippen molar-refractivity contribution in [1.29, 1.82) is 5.26 Å². The van der Waals surface area contributed by atoms with Crippen LogP contribution in [0.4, 0.5) is 0 Å². The number of carbonyl (C=O) groups is 1. The van der Waals surface area contributed by atoms with Gasteiger partial charge in [0.1, 0.15) is 5.75 Å². The second-order valence-corrected chi connectivity index (χ2v) is 8.48. The zero-order valence-corrected chi connectivity index (χ0v) is 18.4. The summed E-state index contributed by atoms with van der Waals surface area (Å²) in [6, 6.07) is 16.4. The van der Waals surface area contributed by atoms with Crippen molar-refractivity contribution in [2.24, 2.45) is 4.99 Å². The monoisotopic (exact) mass is 431 g/mol. The SMILES string of the molecule is CN/C(=N\C#N)N[C@H]1CC[C@](CNC(=O)c2ccc3c(c2)CCO3)(c2ccccc2)CC1. The van der Waals surface area contributed by atoms with Crippen LogP contribution < -0.4 is 20.7 Å². The molecule has 4 rings (SSSR count). The number of fused-ring (bicyclic) bond motifs is 1. The summed E-state index contributed by atoms with van der Waals surface area (Å²) in [5, 5.41) is 18.3. The Bertz CT molecular complexity index is 1020. The highest BCUT2D eigenvalue weighted by Crippen LogP contribution is 2.39. The highest BCUT2D eigenvalue weighted by Gasteiger charge is 2.37. The summed E-state index contributed by atoms with van der Waals surface area (Å²) in [5.41, 5.74) is 2.90. The topological polar surface area (TPSA) is 98.5 Å². The number of nitrogens with one attached hydrogen (secondary N) is 3. The maximum absolute atomic E-state index is 13.0. The number of ether oxygens (including phenoxy) is 1. The predicted octanol–water partition coefficient (Wildman–Crippen LogP) is 2.88. The van der Waals surface area contributed by atoms with Crippen LogP contribution in [-0.4, -0.2) is 38.1 Å². The molecule has 1 amide bonds. The normalized spacial score (nSPS) is 22.2. The standard InChI is InChI=1S/C25H29N5O2/c1-27-24(29-17-26)30-21-9-12-25(13-10-21,20-5-3-2-4-6-20)16-28-23(31)19-7-8-22-18(15-19)11-14-32-22/h2-8,15,21H,9-14,16H2,1H3,(H,28,31)(H2,27,29,30)/t21-,25-. The van der Waals surface area contributed by atoms with Gasteiger partial charge in [-0.3, -0.25) is 4.79 Å². The van der Waals surface area contributed by atoms with E-state index in [9.17, 15) is 4.79 Å². The van der Waals surface area contributed by atoms with E-state index in [1.165, 1.54) is 5.56 Å². The molecule has 1 fully saturated rings. The van der Waals surface area contributed by atoms with Gasteiger partial charge in [-0.2, -0.15) is 5.26 Å². The van der Waals surface area contributed by atoms with Gasteiger partial charge in [0.15, 0.2) is 0 Å². The number of amides is 1. The Kier molecular flexibility index (Phi) is 6.60. The number of nitriles is 1. The number of hydrogen-bond donors (Lipinski definition) is 3. The molecule has 2 aliphatic rings. The number of carbonyl (C=O) groups excluding carboxylic acids is 1. The lowest BCUT2D eigenvalue weighted by Crippen LogP contribution is -2.49. The molecular weight excluding hydrogens is 402 g/mol. The Balaban J connectivity index is 1.46. The summed E-state index contributed by atoms with van der Waals surface area (Å²) in [6.45, 7) is 1.27. The molecule has 0 atom stereocenters. The van der Waals surface area contributed by atoms with Crippen molar-refractivity contribution in [2.45, 2.75) is 43.6 Å². The van der Waals surface area contributed by atoms with Gasteiger partial charge in [0.25, 0.3) is 5.91 Å². The molecule has 3 N–H and O–H groups in total. The molecule has 2 aromatic carbocycles. The van der Waals surface area contributed by atoms with Gasteiger partial charge in [-0.15, -0.1) is 4.99 Å². The number of rotatable bonds is 5. The maximum atomic E-state index is 13.0. The molecule has 1 aliphatic carbocycles. The lowest BCUT2D eigenvalue weighted by molar-refractivity contribution is 0.0935. The van der Waals surface area contributed by atoms with Crippen molar-refractivity contribution in [1.82, 2.24) is 16.0 Å². The zero-order chi connectivity index (χ0) is 22.4. The molecule has 7 nitrogen and oxygen atoms in total. The number of benzene rings is 2. The predicted molar refractivity (Wildman–Crippen MR) is 124 cm³/mol. The van der Waals surface area contributed by atoms with E-state index in [-0.39, 0.29) is 17.4 Å². The summed E-state index contributed by atoms with van der Waals surface area (Å²) >= 11 is 0. The van der Waals surface area contributed by atoms with Crippen LogP contribution in [0, 0.1) is 11.5 Å². The average molecular weight is 432 g/mol. The van der Waals surface area contributed by atoms with E-state index in [1.54, 1.807) is 7.05 Å². The molecule has 0 spiro atoms. The van der Waals surface area contributed by atoms with Gasteiger partial charge in [0.2, 0.25) is 12.2 Å². The van der Waals surface area contributed by atoms with Crippen LogP contribution >= 0.6 is 0 Å². The van der Waals surface area contributed by atoms with Crippen LogP contribution in [0.1, 0.15) is 47.2 Å². The molecule has 0 radical (unpaired) electrons. The largest absolute Gasteiger partial charge is 0.493 e. The van der Waals surface area contributed by atoms with Gasteiger partial charge in [0, 0.05) is 37.0 Å². The average Bonchev–Trinajstić information content (AvgIpc) is 3.32. The van der Waals surface area contributed by atoms with Crippen molar-refractivity contribution < 1.29 is 9.53 Å². The van der Waals surface area contributed by atoms with Gasteiger partial charge in [-0.25, -0.2) is 0 Å². The minimum atomic E-state index is -0.124. The summed E-state index contributed by atoms with van der Waals surface area (Å²) in [6.07, 6.45) is 6.37. The van der Waals surface area contributed by atoms with E-state index in [0.717, 1.165) is 43.4 Å². The van der Waals surface area contributed by atoms with Gasteiger partial charge in [0.05, 0.1) is 6.61 Å². The van der Waals surface area contributed by atoms with E-state index in [4.69, 9.17) is 10.00 Å². The molecule has 1 heterocycles. The van der Waals surface area contributed by atoms with Crippen molar-refractivity contribution in [2.75, 3.05) is 20.2 Å². The molecular formula is C25H29N5O2. The van der Waals surface area contributed by atoms with Crippen LogP contribution in [0.2, 0.25) is 0 Å². The van der Waals surface area contributed by atoms with E-state index in [2.05, 4.69) is 45.2 Å². The Labute approximate surface area is 188 Å². The maximum Gasteiger partial charge on any atom is 0.251 e. The minimum Gasteiger partial charge on any atom is -0.493 e. The molecule has 166 valence electrons. The molecule has 0 aromatic heterocycles. The smallest absolute Gasteiger partial charge is 0.251 e. The number of guanidine groups is 1. The number of aliphatic imine (C=N–C) groups is 1. The lowest BCUT2D eigenvalue weighted by atomic mass is 9.68. The third kappa shape index (κ3) is 4.70. The fourth-order valence-corrected chi connectivity index (χ4v) is 4.76. The van der Waals surface area contributed by atoms with Crippen molar-refractivity contribution in [3.8, 4) is 11.9 Å². The van der Waals surface area contributed by atoms with E-state index in [1.807, 2.05) is 30.5 Å². The van der Waals surface area contributed by atoms with Crippen molar-refractivity contribution >= 4 is 11.9 Å². The fraction of sp³-hybridized carbons (Fsp3) is 0.400. The van der Waals surface area contributed by atoms with Crippen LogP contribution in [-0.2, 0) is 11.8 Å². The van der Waals surface area contributed by atoms with Crippen LogP contribution in [0.15, 0.2) is 53.5 Å². The molecule has 1 saturated carbocycles. The van der Waals surface area contributed by atoms with Crippen LogP contribution in [0.25, 0.3) is 0 Å². The van der Waals surface area contributed by atoms with Crippen LogP contribution in [0.5, 0.6) is 5.75 Å². The van der Waals surface area contributed by atoms with Crippen molar-refractivity contribution in [3.05, 3.63) is 65.2 Å². The van der Waals surface area contributed by atoms with Gasteiger partial charge >= 0.3 is 0 Å². The Morgan fingerprint density at radius 3 is 2.72 bits per heavy atom. The second kappa shape index (κ2) is 9.73. The summed E-state index contributed by atoms with van der Waals surface area (Å²) < 4.78 is 5.55. The van der Waals surface area contributed by atoms with Gasteiger partial charge < -0.3 is 20.7 Å². The summed E-state index contributed by atoms with van der Waals surface area (Å²) in [4.78, 5) is 16.7. The zero-order valence-electron chi connectivity index (χ0n) is 18.4. The van der Waals surface area contributed by atoms with Crippen LogP contribution in [0.3, 0.4) is 0 Å². The summed E-state index contributed by atoms with van der Waals surface area (Å²) in [5.74, 6) is 1.33. The Morgan fingerprint density at radius 1 is 1.22 bits per heavy atom. The van der Waals surface area contributed by atoms with Crippen molar-refractivity contribution in [3.63, 3.8) is 0 Å². The Hall–Kier alpha value is -3.53. The first-order valence-electron chi connectivity index (χ1n) is 11.1. The number of nitrogens with zero attached hydrogens (tertiary/aromatic N) is 2. The molecule has 0 saturated heterocycles.